The van der Waals surface area contributed by atoms with E-state index in [-0.39, 0.29) is 5.56 Å². The first-order valence-corrected chi connectivity index (χ1v) is 8.41. The summed E-state index contributed by atoms with van der Waals surface area (Å²) in [4.78, 5) is 13.0. The first-order chi connectivity index (χ1) is 12.7. The number of hydrogen-bond donors (Lipinski definition) is 1. The largest absolute Gasteiger partial charge is 0.456 e. The molecule has 0 aliphatic rings. The van der Waals surface area contributed by atoms with E-state index in [4.69, 9.17) is 16.0 Å². The fourth-order valence-electron chi connectivity index (χ4n) is 3.10. The number of nitrogens with zero attached hydrogens (tertiary/aromatic N) is 2. The topological polar surface area (TPSA) is 63.8 Å². The van der Waals surface area contributed by atoms with Crippen molar-refractivity contribution in [3.05, 3.63) is 82.4 Å². The van der Waals surface area contributed by atoms with Gasteiger partial charge in [-0.2, -0.15) is 5.10 Å². The fraction of sp³-hybridized carbons (Fsp3) is 0. The van der Waals surface area contributed by atoms with Gasteiger partial charge in [-0.25, -0.2) is 0 Å². The zero-order valence-electron chi connectivity index (χ0n) is 13.4. The molecule has 0 atom stereocenters. The number of hydrogen-bond acceptors (Lipinski definition) is 3. The molecular weight excluding hydrogens is 350 g/mol. The molecule has 5 rings (SSSR count). The van der Waals surface area contributed by atoms with Gasteiger partial charge < -0.3 is 4.42 Å². The van der Waals surface area contributed by atoms with Crippen molar-refractivity contribution in [2.45, 2.75) is 0 Å². The van der Waals surface area contributed by atoms with Crippen molar-refractivity contribution >= 4 is 33.5 Å². The van der Waals surface area contributed by atoms with Crippen LogP contribution in [0.4, 0.5) is 0 Å². The Bertz CT molecular complexity index is 1330. The van der Waals surface area contributed by atoms with Crippen LogP contribution in [0.15, 0.2) is 76.2 Å². The predicted octanol–water partition coefficient (Wildman–Crippen LogP) is 4.78. The first-order valence-electron chi connectivity index (χ1n) is 8.04. The van der Waals surface area contributed by atoms with Crippen LogP contribution in [0, 0.1) is 0 Å². The third-order valence-electron chi connectivity index (χ3n) is 4.40. The lowest BCUT2D eigenvalue weighted by Gasteiger charge is -2.05. The van der Waals surface area contributed by atoms with Gasteiger partial charge in [-0.3, -0.25) is 14.5 Å². The van der Waals surface area contributed by atoms with Crippen LogP contribution < -0.4 is 5.56 Å². The number of halogens is 1. The molecule has 0 saturated carbocycles. The Labute approximate surface area is 152 Å². The highest BCUT2D eigenvalue weighted by Gasteiger charge is 2.12. The summed E-state index contributed by atoms with van der Waals surface area (Å²) in [6, 6.07) is 16.6. The maximum Gasteiger partial charge on any atom is 0.266 e. The second kappa shape index (κ2) is 5.61. The lowest BCUT2D eigenvalue weighted by atomic mass is 10.1. The van der Waals surface area contributed by atoms with Crippen LogP contribution in [-0.2, 0) is 0 Å². The molecular formula is C20H12ClN3O2. The number of pyridine rings is 1. The number of H-pyrrole nitrogens is 1. The van der Waals surface area contributed by atoms with Crippen molar-refractivity contribution in [2.24, 2.45) is 0 Å². The molecule has 126 valence electrons. The van der Waals surface area contributed by atoms with Crippen molar-refractivity contribution in [1.29, 1.82) is 0 Å². The molecule has 3 aromatic heterocycles. The van der Waals surface area contributed by atoms with E-state index in [1.165, 1.54) is 0 Å². The minimum atomic E-state index is -0.137. The quantitative estimate of drug-likeness (QED) is 0.492. The Morgan fingerprint density at radius 2 is 2.00 bits per heavy atom. The molecule has 0 amide bonds. The summed E-state index contributed by atoms with van der Waals surface area (Å²) in [6.45, 7) is 0. The number of rotatable bonds is 2. The Morgan fingerprint density at radius 3 is 2.88 bits per heavy atom. The minimum Gasteiger partial charge on any atom is -0.456 e. The van der Waals surface area contributed by atoms with Crippen molar-refractivity contribution in [2.75, 3.05) is 0 Å². The molecule has 5 nitrogen and oxygen atoms in total. The molecule has 3 heterocycles. The molecule has 6 heteroatoms. The van der Waals surface area contributed by atoms with Crippen LogP contribution in [0.25, 0.3) is 38.9 Å². The summed E-state index contributed by atoms with van der Waals surface area (Å²) in [6.07, 6.45) is 3.45. The van der Waals surface area contributed by atoms with Crippen LogP contribution >= 0.6 is 11.6 Å². The standard InChI is InChI=1S/C20H12ClN3O2/c21-14-3-1-2-12(8-14)19-10-16-18(26-19)6-7-24(20(16)25)15-4-5-17-13(9-15)11-22-23-17/h1-11H,(H,22,23). The maximum atomic E-state index is 13.0. The van der Waals surface area contributed by atoms with E-state index in [1.807, 2.05) is 36.4 Å². The average Bonchev–Trinajstić information content (AvgIpc) is 3.28. The Hall–Kier alpha value is -3.31. The molecule has 26 heavy (non-hydrogen) atoms. The smallest absolute Gasteiger partial charge is 0.266 e. The summed E-state index contributed by atoms with van der Waals surface area (Å²) in [5, 5.41) is 9.01. The molecule has 1 N–H and O–H groups in total. The molecule has 0 unspecified atom stereocenters. The monoisotopic (exact) mass is 361 g/mol. The number of benzene rings is 2. The van der Waals surface area contributed by atoms with Crippen molar-refractivity contribution in [3.63, 3.8) is 0 Å². The van der Waals surface area contributed by atoms with E-state index in [1.54, 1.807) is 35.2 Å². The summed E-state index contributed by atoms with van der Waals surface area (Å²) in [5.74, 6) is 0.614. The zero-order chi connectivity index (χ0) is 17.7. The lowest BCUT2D eigenvalue weighted by Crippen LogP contribution is -2.16. The molecule has 0 radical (unpaired) electrons. The molecule has 0 bridgehead atoms. The molecule has 2 aromatic carbocycles. The summed E-state index contributed by atoms with van der Waals surface area (Å²) in [5.41, 5.74) is 2.94. The van der Waals surface area contributed by atoms with Crippen molar-refractivity contribution in [1.82, 2.24) is 14.8 Å². The maximum absolute atomic E-state index is 13.0. The predicted molar refractivity (Wildman–Crippen MR) is 102 cm³/mol. The molecule has 5 aromatic rings. The van der Waals surface area contributed by atoms with Crippen LogP contribution in [-0.4, -0.2) is 14.8 Å². The van der Waals surface area contributed by atoms with Gasteiger partial charge in [-0.1, -0.05) is 23.7 Å². The SMILES string of the molecule is O=c1c2cc(-c3cccc(Cl)c3)oc2ccn1-c1ccc2[nH]ncc2c1. The second-order valence-corrected chi connectivity index (χ2v) is 6.47. The van der Waals surface area contributed by atoms with Crippen LogP contribution in [0.1, 0.15) is 0 Å². The summed E-state index contributed by atoms with van der Waals surface area (Å²) >= 11 is 6.05. The second-order valence-electron chi connectivity index (χ2n) is 6.03. The minimum absolute atomic E-state index is 0.137. The van der Waals surface area contributed by atoms with E-state index in [2.05, 4.69) is 10.2 Å². The number of fused-ring (bicyclic) bond motifs is 2. The normalized spacial score (nSPS) is 11.4. The number of aromatic nitrogens is 3. The van der Waals surface area contributed by atoms with Crippen LogP contribution in [0.2, 0.25) is 5.02 Å². The number of furan rings is 1. The van der Waals surface area contributed by atoms with Gasteiger partial charge >= 0.3 is 0 Å². The third kappa shape index (κ3) is 2.33. The highest BCUT2D eigenvalue weighted by atomic mass is 35.5. The summed E-state index contributed by atoms with van der Waals surface area (Å²) in [7, 11) is 0. The van der Waals surface area contributed by atoms with E-state index >= 15 is 0 Å². The average molecular weight is 362 g/mol. The third-order valence-corrected chi connectivity index (χ3v) is 4.63. The lowest BCUT2D eigenvalue weighted by molar-refractivity contribution is 0.630. The Balaban J connectivity index is 1.68. The van der Waals surface area contributed by atoms with E-state index in [0.717, 1.165) is 22.2 Å². The van der Waals surface area contributed by atoms with E-state index < -0.39 is 0 Å². The van der Waals surface area contributed by atoms with Gasteiger partial charge in [0.1, 0.15) is 11.3 Å². The van der Waals surface area contributed by atoms with Gasteiger partial charge in [0.05, 0.1) is 17.1 Å². The van der Waals surface area contributed by atoms with E-state index in [0.29, 0.717) is 21.8 Å². The Kier molecular flexibility index (Phi) is 3.23. The molecule has 0 saturated heterocycles. The van der Waals surface area contributed by atoms with Gasteiger partial charge in [0.2, 0.25) is 0 Å². The first kappa shape index (κ1) is 15.0. The Morgan fingerprint density at radius 1 is 1.08 bits per heavy atom. The van der Waals surface area contributed by atoms with Gasteiger partial charge in [-0.05, 0) is 42.5 Å². The fourth-order valence-corrected chi connectivity index (χ4v) is 3.29. The molecule has 0 aliphatic carbocycles. The zero-order valence-corrected chi connectivity index (χ0v) is 14.2. The molecule has 0 fully saturated rings. The van der Waals surface area contributed by atoms with Gasteiger partial charge in [0.15, 0.2) is 0 Å². The molecule has 0 aliphatic heterocycles. The number of aromatic amines is 1. The highest BCUT2D eigenvalue weighted by molar-refractivity contribution is 6.30. The van der Waals surface area contributed by atoms with E-state index in [9.17, 15) is 4.79 Å². The van der Waals surface area contributed by atoms with Gasteiger partial charge in [0.25, 0.3) is 5.56 Å². The van der Waals surface area contributed by atoms with Gasteiger partial charge in [0, 0.05) is 27.9 Å². The van der Waals surface area contributed by atoms with Crippen LogP contribution in [0.5, 0.6) is 0 Å². The van der Waals surface area contributed by atoms with Crippen molar-refractivity contribution < 1.29 is 4.42 Å². The van der Waals surface area contributed by atoms with Crippen molar-refractivity contribution in [3.8, 4) is 17.0 Å². The highest BCUT2D eigenvalue weighted by Crippen LogP contribution is 2.28. The number of nitrogens with one attached hydrogen (secondary N) is 1. The van der Waals surface area contributed by atoms with Crippen LogP contribution in [0.3, 0.4) is 0 Å². The summed E-state index contributed by atoms with van der Waals surface area (Å²) < 4.78 is 7.45. The van der Waals surface area contributed by atoms with Gasteiger partial charge in [-0.15, -0.1) is 0 Å². The molecule has 0 spiro atoms.